The van der Waals surface area contributed by atoms with Crippen LogP contribution < -0.4 is 5.73 Å². The van der Waals surface area contributed by atoms with E-state index in [0.29, 0.717) is 42.6 Å². The van der Waals surface area contributed by atoms with E-state index in [9.17, 15) is 9.59 Å². The van der Waals surface area contributed by atoms with Crippen LogP contribution in [0.15, 0.2) is 42.5 Å². The zero-order valence-corrected chi connectivity index (χ0v) is 16.6. The highest BCUT2D eigenvalue weighted by atomic mass is 16.2. The van der Waals surface area contributed by atoms with Gasteiger partial charge in [0.05, 0.1) is 5.52 Å². The lowest BCUT2D eigenvalue weighted by atomic mass is 10.1. The molecule has 29 heavy (non-hydrogen) atoms. The number of rotatable bonds is 4. The van der Waals surface area contributed by atoms with E-state index in [4.69, 9.17) is 5.73 Å². The quantitative estimate of drug-likeness (QED) is 0.741. The molecular weight excluding hydrogens is 366 g/mol. The summed E-state index contributed by atoms with van der Waals surface area (Å²) in [5, 5.41) is 0.540. The first-order chi connectivity index (χ1) is 14.0. The summed E-state index contributed by atoms with van der Waals surface area (Å²) in [5.74, 6) is -0.254. The minimum atomic E-state index is -0.215. The number of nitrogens with two attached hydrogens (primary N) is 1. The predicted molar refractivity (Wildman–Crippen MR) is 111 cm³/mol. The van der Waals surface area contributed by atoms with Crippen LogP contribution >= 0.6 is 0 Å². The van der Waals surface area contributed by atoms with Crippen molar-refractivity contribution in [2.75, 3.05) is 18.8 Å². The molecule has 4 rings (SSSR count). The molecule has 7 heteroatoms. The molecule has 0 unspecified atom stereocenters. The summed E-state index contributed by atoms with van der Waals surface area (Å²) < 4.78 is 0. The van der Waals surface area contributed by atoms with E-state index >= 15 is 0 Å². The molecule has 1 aromatic heterocycles. The van der Waals surface area contributed by atoms with Crippen LogP contribution in [0.1, 0.15) is 45.8 Å². The number of amides is 2. The second-order valence-electron chi connectivity index (χ2n) is 7.07. The molecule has 0 spiro atoms. The highest BCUT2D eigenvalue weighted by Crippen LogP contribution is 2.26. The maximum absolute atomic E-state index is 13.1. The first-order valence-corrected chi connectivity index (χ1v) is 9.74. The maximum Gasteiger partial charge on any atom is 0.273 e. The molecule has 2 aromatic carbocycles. The Hall–Kier alpha value is -3.48. The Bertz CT molecular complexity index is 1080. The van der Waals surface area contributed by atoms with Crippen LogP contribution in [0.25, 0.3) is 10.9 Å². The first kappa shape index (κ1) is 18.9. The van der Waals surface area contributed by atoms with Crippen molar-refractivity contribution in [1.29, 1.82) is 0 Å². The average molecular weight is 389 g/mol. The summed E-state index contributed by atoms with van der Waals surface area (Å²) in [5.41, 5.74) is 9.44. The molecule has 2 heterocycles. The molecule has 0 saturated heterocycles. The third-order valence-electron chi connectivity index (χ3n) is 5.34. The maximum atomic E-state index is 13.1. The van der Waals surface area contributed by atoms with Crippen molar-refractivity contribution >= 4 is 28.7 Å². The number of nitrogens with zero attached hydrogens (tertiary/aromatic N) is 4. The van der Waals surface area contributed by atoms with Crippen LogP contribution in [-0.2, 0) is 13.1 Å². The lowest BCUT2D eigenvalue weighted by Gasteiger charge is -2.19. The summed E-state index contributed by atoms with van der Waals surface area (Å²) in [6.07, 6.45) is 0. The predicted octanol–water partition coefficient (Wildman–Crippen LogP) is 2.85. The van der Waals surface area contributed by atoms with E-state index in [0.717, 1.165) is 11.1 Å². The lowest BCUT2D eigenvalue weighted by Crippen LogP contribution is -2.31. The molecule has 0 aliphatic carbocycles. The van der Waals surface area contributed by atoms with Gasteiger partial charge in [0.2, 0.25) is 5.95 Å². The van der Waals surface area contributed by atoms with E-state index in [-0.39, 0.29) is 23.5 Å². The van der Waals surface area contributed by atoms with Crippen molar-refractivity contribution < 1.29 is 9.59 Å². The number of hydrogen-bond acceptors (Lipinski definition) is 5. The summed E-state index contributed by atoms with van der Waals surface area (Å²) >= 11 is 0. The average Bonchev–Trinajstić information content (AvgIpc) is 3.17. The number of fused-ring (bicyclic) bond motifs is 2. The van der Waals surface area contributed by atoms with Gasteiger partial charge >= 0.3 is 0 Å². The summed E-state index contributed by atoms with van der Waals surface area (Å²) in [6.45, 7) is 6.10. The summed E-state index contributed by atoms with van der Waals surface area (Å²) in [6, 6.07) is 13.2. The number of benzene rings is 2. The molecule has 0 atom stereocenters. The largest absolute Gasteiger partial charge is 0.368 e. The number of aromatic nitrogens is 2. The molecule has 2 amide bonds. The number of nitrogen functional groups attached to an aromatic ring is 1. The number of carbonyl (C=O) groups excluding carboxylic acids is 2. The van der Waals surface area contributed by atoms with Gasteiger partial charge in [-0.25, -0.2) is 9.97 Å². The van der Waals surface area contributed by atoms with Gasteiger partial charge in [-0.15, -0.1) is 0 Å². The Kier molecular flexibility index (Phi) is 4.88. The zero-order valence-electron chi connectivity index (χ0n) is 16.6. The highest BCUT2D eigenvalue weighted by Gasteiger charge is 2.25. The van der Waals surface area contributed by atoms with Gasteiger partial charge in [-0.05, 0) is 43.2 Å². The first-order valence-electron chi connectivity index (χ1n) is 9.74. The smallest absolute Gasteiger partial charge is 0.273 e. The molecule has 148 valence electrons. The fourth-order valence-corrected chi connectivity index (χ4v) is 3.76. The third kappa shape index (κ3) is 3.40. The highest BCUT2D eigenvalue weighted by molar-refractivity contribution is 6.07. The molecule has 7 nitrogen and oxygen atoms in total. The molecule has 0 saturated carbocycles. The molecule has 1 aliphatic rings. The van der Waals surface area contributed by atoms with Gasteiger partial charge in [0.15, 0.2) is 0 Å². The zero-order chi connectivity index (χ0) is 20.5. The van der Waals surface area contributed by atoms with E-state index in [1.54, 1.807) is 28.0 Å². The van der Waals surface area contributed by atoms with Gasteiger partial charge in [0.1, 0.15) is 5.69 Å². The monoisotopic (exact) mass is 389 g/mol. The Morgan fingerprint density at radius 1 is 1.03 bits per heavy atom. The minimum absolute atomic E-state index is 0.0436. The lowest BCUT2D eigenvalue weighted by molar-refractivity contribution is 0.0747. The van der Waals surface area contributed by atoms with Crippen molar-refractivity contribution in [3.63, 3.8) is 0 Å². The minimum Gasteiger partial charge on any atom is -0.368 e. The van der Waals surface area contributed by atoms with Gasteiger partial charge in [-0.3, -0.25) is 9.59 Å². The molecule has 0 bridgehead atoms. The van der Waals surface area contributed by atoms with Crippen molar-refractivity contribution in [1.82, 2.24) is 19.8 Å². The number of hydrogen-bond donors (Lipinski definition) is 1. The van der Waals surface area contributed by atoms with Crippen molar-refractivity contribution in [3.05, 3.63) is 64.8 Å². The molecular formula is C22H23N5O2. The normalized spacial score (nSPS) is 12.8. The number of anilines is 1. The Labute approximate surface area is 169 Å². The van der Waals surface area contributed by atoms with Crippen LogP contribution in [-0.4, -0.2) is 44.7 Å². The van der Waals surface area contributed by atoms with E-state index in [2.05, 4.69) is 9.97 Å². The van der Waals surface area contributed by atoms with Crippen LogP contribution in [0.3, 0.4) is 0 Å². The summed E-state index contributed by atoms with van der Waals surface area (Å²) in [4.78, 5) is 38.0. The van der Waals surface area contributed by atoms with Gasteiger partial charge < -0.3 is 15.5 Å². The van der Waals surface area contributed by atoms with E-state index in [1.807, 2.05) is 38.1 Å². The SMILES string of the molecule is CCN(CC)C(=O)c1nc(N)nc2ccc(C(=O)N3Cc4ccccc4C3)cc12. The fraction of sp³-hybridized carbons (Fsp3) is 0.273. The fourth-order valence-electron chi connectivity index (χ4n) is 3.76. The van der Waals surface area contributed by atoms with Crippen molar-refractivity contribution in [2.24, 2.45) is 0 Å². The molecule has 0 fully saturated rings. The van der Waals surface area contributed by atoms with E-state index < -0.39 is 0 Å². The second kappa shape index (κ2) is 7.50. The summed E-state index contributed by atoms with van der Waals surface area (Å²) in [7, 11) is 0. The van der Waals surface area contributed by atoms with Gasteiger partial charge in [-0.1, -0.05) is 24.3 Å². The van der Waals surface area contributed by atoms with Gasteiger partial charge in [0.25, 0.3) is 11.8 Å². The molecule has 2 N–H and O–H groups in total. The van der Waals surface area contributed by atoms with Gasteiger partial charge in [-0.2, -0.15) is 0 Å². The van der Waals surface area contributed by atoms with Crippen LogP contribution in [0.2, 0.25) is 0 Å². The topological polar surface area (TPSA) is 92.4 Å². The Morgan fingerprint density at radius 3 is 2.31 bits per heavy atom. The van der Waals surface area contributed by atoms with Crippen molar-refractivity contribution in [2.45, 2.75) is 26.9 Å². The van der Waals surface area contributed by atoms with Crippen LogP contribution in [0.5, 0.6) is 0 Å². The molecule has 0 radical (unpaired) electrons. The van der Waals surface area contributed by atoms with Gasteiger partial charge in [0, 0.05) is 37.1 Å². The second-order valence-corrected chi connectivity index (χ2v) is 7.07. The third-order valence-corrected chi connectivity index (χ3v) is 5.34. The standard InChI is InChI=1S/C22H23N5O2/c1-3-26(4-2)21(29)19-17-11-14(9-10-18(17)24-22(23)25-19)20(28)27-12-15-7-5-6-8-16(15)13-27/h5-11H,3-4,12-13H2,1-2H3,(H2,23,24,25). The number of carbonyl (C=O) groups is 2. The molecule has 3 aromatic rings. The van der Waals surface area contributed by atoms with Crippen LogP contribution in [0, 0.1) is 0 Å². The van der Waals surface area contributed by atoms with E-state index in [1.165, 1.54) is 0 Å². The van der Waals surface area contributed by atoms with Crippen molar-refractivity contribution in [3.8, 4) is 0 Å². The Balaban J connectivity index is 1.72. The molecule has 1 aliphatic heterocycles. The Morgan fingerprint density at radius 2 is 1.69 bits per heavy atom. The van der Waals surface area contributed by atoms with Crippen LogP contribution in [0.4, 0.5) is 5.95 Å².